The van der Waals surface area contributed by atoms with Crippen LogP contribution in [0.15, 0.2) is 24.4 Å². The molecule has 2 unspecified atom stereocenters. The molecule has 2 amide bonds. The highest BCUT2D eigenvalue weighted by Crippen LogP contribution is 2.23. The Morgan fingerprint density at radius 2 is 1.96 bits per heavy atom. The van der Waals surface area contributed by atoms with Crippen molar-refractivity contribution in [2.24, 2.45) is 0 Å². The zero-order valence-electron chi connectivity index (χ0n) is 14.6. The molecule has 1 aromatic rings. The summed E-state index contributed by atoms with van der Waals surface area (Å²) in [5.74, 6) is -0.116. The van der Waals surface area contributed by atoms with Gasteiger partial charge in [-0.05, 0) is 44.7 Å². The Kier molecular flexibility index (Phi) is 5.86. The topological polar surface area (TPSA) is 83.6 Å². The molecule has 1 saturated heterocycles. The number of rotatable bonds is 5. The maximum atomic E-state index is 12.2. The van der Waals surface area contributed by atoms with E-state index in [1.807, 2.05) is 13.0 Å². The van der Waals surface area contributed by atoms with Gasteiger partial charge in [0, 0.05) is 37.4 Å². The number of nitrogens with one attached hydrogen (secondary N) is 2. The lowest BCUT2D eigenvalue weighted by atomic mass is 9.85. The summed E-state index contributed by atoms with van der Waals surface area (Å²) in [5, 5.41) is 6.71. The van der Waals surface area contributed by atoms with E-state index in [2.05, 4.69) is 15.6 Å². The third-order valence-corrected chi connectivity index (χ3v) is 4.96. The van der Waals surface area contributed by atoms with Gasteiger partial charge >= 0.3 is 6.09 Å². The molecular formula is C18H26N4O3. The van der Waals surface area contributed by atoms with E-state index >= 15 is 0 Å². The van der Waals surface area contributed by atoms with Gasteiger partial charge < -0.3 is 20.3 Å². The fourth-order valence-corrected chi connectivity index (χ4v) is 3.36. The van der Waals surface area contributed by atoms with Crippen molar-refractivity contribution in [2.45, 2.75) is 50.7 Å². The molecule has 0 radical (unpaired) electrons. The van der Waals surface area contributed by atoms with Crippen LogP contribution in [-0.4, -0.2) is 59.7 Å². The quantitative estimate of drug-likeness (QED) is 0.845. The van der Waals surface area contributed by atoms with E-state index in [9.17, 15) is 9.59 Å². The summed E-state index contributed by atoms with van der Waals surface area (Å²) in [6, 6.07) is 6.17. The molecule has 1 saturated carbocycles. The second kappa shape index (κ2) is 8.29. The predicted octanol–water partition coefficient (Wildman–Crippen LogP) is 1.55. The number of likely N-dealkylation sites (tertiary alicyclic amines) is 1. The van der Waals surface area contributed by atoms with Crippen molar-refractivity contribution in [2.75, 3.05) is 19.7 Å². The van der Waals surface area contributed by atoms with Gasteiger partial charge in [0.15, 0.2) is 0 Å². The van der Waals surface area contributed by atoms with E-state index in [1.54, 1.807) is 23.2 Å². The van der Waals surface area contributed by atoms with Crippen molar-refractivity contribution < 1.29 is 14.3 Å². The lowest BCUT2D eigenvalue weighted by Gasteiger charge is -2.42. The number of hydrogen-bond donors (Lipinski definition) is 2. The Morgan fingerprint density at radius 1 is 1.20 bits per heavy atom. The molecule has 136 valence electrons. The summed E-state index contributed by atoms with van der Waals surface area (Å²) in [6.07, 6.45) is 5.28. The molecule has 1 aliphatic carbocycles. The monoisotopic (exact) mass is 346 g/mol. The van der Waals surface area contributed by atoms with Gasteiger partial charge in [-0.2, -0.15) is 0 Å². The second-order valence-corrected chi connectivity index (χ2v) is 6.61. The Morgan fingerprint density at radius 3 is 2.56 bits per heavy atom. The van der Waals surface area contributed by atoms with Crippen LogP contribution in [0.4, 0.5) is 4.79 Å². The number of piperidine rings is 1. The van der Waals surface area contributed by atoms with E-state index in [1.165, 1.54) is 0 Å². The maximum absolute atomic E-state index is 12.2. The molecule has 3 rings (SSSR count). The van der Waals surface area contributed by atoms with Gasteiger partial charge in [-0.3, -0.25) is 9.78 Å². The summed E-state index contributed by atoms with van der Waals surface area (Å²) >= 11 is 0. The van der Waals surface area contributed by atoms with Gasteiger partial charge in [-0.1, -0.05) is 6.07 Å². The maximum Gasteiger partial charge on any atom is 0.409 e. The van der Waals surface area contributed by atoms with Gasteiger partial charge in [0.2, 0.25) is 0 Å². The van der Waals surface area contributed by atoms with Crippen LogP contribution in [0.1, 0.15) is 43.1 Å². The summed E-state index contributed by atoms with van der Waals surface area (Å²) in [5.41, 5.74) is 0.455. The average molecular weight is 346 g/mol. The van der Waals surface area contributed by atoms with E-state index in [-0.39, 0.29) is 18.0 Å². The lowest BCUT2D eigenvalue weighted by Crippen LogP contribution is -2.60. The van der Waals surface area contributed by atoms with Crippen molar-refractivity contribution in [1.29, 1.82) is 0 Å². The van der Waals surface area contributed by atoms with Gasteiger partial charge in [0.05, 0.1) is 6.61 Å². The number of hydrogen-bond acceptors (Lipinski definition) is 5. The number of carbonyl (C=O) groups excluding carboxylic acids is 2. The van der Waals surface area contributed by atoms with Crippen molar-refractivity contribution in [1.82, 2.24) is 20.5 Å². The van der Waals surface area contributed by atoms with Crippen LogP contribution in [-0.2, 0) is 4.74 Å². The minimum absolute atomic E-state index is 0.116. The largest absolute Gasteiger partial charge is 0.450 e. The molecule has 2 atom stereocenters. The number of carbonyl (C=O) groups is 2. The predicted molar refractivity (Wildman–Crippen MR) is 93.3 cm³/mol. The van der Waals surface area contributed by atoms with Crippen LogP contribution >= 0.6 is 0 Å². The number of ether oxygens (including phenoxy) is 1. The first-order valence-corrected chi connectivity index (χ1v) is 9.07. The Balaban J connectivity index is 1.42. The average Bonchev–Trinajstić information content (AvgIpc) is 2.64. The van der Waals surface area contributed by atoms with Crippen molar-refractivity contribution in [3.8, 4) is 0 Å². The van der Waals surface area contributed by atoms with Gasteiger partial charge in [-0.15, -0.1) is 0 Å². The van der Waals surface area contributed by atoms with Crippen LogP contribution in [0, 0.1) is 0 Å². The summed E-state index contributed by atoms with van der Waals surface area (Å²) < 4.78 is 5.05. The van der Waals surface area contributed by atoms with Crippen LogP contribution in [0.2, 0.25) is 0 Å². The first kappa shape index (κ1) is 17.7. The molecule has 2 fully saturated rings. The molecule has 0 aromatic carbocycles. The zero-order chi connectivity index (χ0) is 17.6. The fraction of sp³-hybridized carbons (Fsp3) is 0.611. The molecule has 2 N–H and O–H groups in total. The SMILES string of the molecule is CCOC(=O)N1CCC(NC2CCC2NC(=O)c2ccccn2)CC1. The Bertz CT molecular complexity index is 587. The van der Waals surface area contributed by atoms with Gasteiger partial charge in [0.1, 0.15) is 5.69 Å². The highest BCUT2D eigenvalue weighted by atomic mass is 16.6. The van der Waals surface area contributed by atoms with Crippen LogP contribution in [0.5, 0.6) is 0 Å². The van der Waals surface area contributed by atoms with E-state index in [0.717, 1.165) is 25.7 Å². The molecule has 2 heterocycles. The van der Waals surface area contributed by atoms with E-state index < -0.39 is 0 Å². The minimum Gasteiger partial charge on any atom is -0.450 e. The number of nitrogens with zero attached hydrogens (tertiary/aromatic N) is 2. The molecule has 0 spiro atoms. The first-order valence-electron chi connectivity index (χ1n) is 9.07. The van der Waals surface area contributed by atoms with Crippen molar-refractivity contribution >= 4 is 12.0 Å². The molecule has 25 heavy (non-hydrogen) atoms. The van der Waals surface area contributed by atoms with E-state index in [0.29, 0.717) is 37.5 Å². The molecule has 0 bridgehead atoms. The smallest absolute Gasteiger partial charge is 0.409 e. The molecule has 1 aromatic heterocycles. The fourth-order valence-electron chi connectivity index (χ4n) is 3.36. The summed E-state index contributed by atoms with van der Waals surface area (Å²) in [6.45, 7) is 3.67. The second-order valence-electron chi connectivity index (χ2n) is 6.61. The van der Waals surface area contributed by atoms with E-state index in [4.69, 9.17) is 4.74 Å². The molecular weight excluding hydrogens is 320 g/mol. The van der Waals surface area contributed by atoms with Gasteiger partial charge in [-0.25, -0.2) is 4.79 Å². The first-order chi connectivity index (χ1) is 12.2. The number of pyridine rings is 1. The summed E-state index contributed by atoms with van der Waals surface area (Å²) in [7, 11) is 0. The Hall–Kier alpha value is -2.15. The van der Waals surface area contributed by atoms with Crippen LogP contribution < -0.4 is 10.6 Å². The third-order valence-electron chi connectivity index (χ3n) is 4.96. The zero-order valence-corrected chi connectivity index (χ0v) is 14.6. The summed E-state index contributed by atoms with van der Waals surface area (Å²) in [4.78, 5) is 29.8. The highest BCUT2D eigenvalue weighted by Gasteiger charge is 2.35. The van der Waals surface area contributed by atoms with Crippen molar-refractivity contribution in [3.05, 3.63) is 30.1 Å². The Labute approximate surface area is 148 Å². The lowest BCUT2D eigenvalue weighted by molar-refractivity contribution is 0.0836. The van der Waals surface area contributed by atoms with Crippen LogP contribution in [0.3, 0.4) is 0 Å². The molecule has 7 nitrogen and oxygen atoms in total. The molecule has 2 aliphatic rings. The standard InChI is InChI=1S/C18H26N4O3/c1-2-25-18(24)22-11-8-13(9-12-22)20-14-6-7-15(14)21-17(23)16-5-3-4-10-19-16/h3-5,10,13-15,20H,2,6-9,11-12H2,1H3,(H,21,23). The van der Waals surface area contributed by atoms with Gasteiger partial charge in [0.25, 0.3) is 5.91 Å². The van der Waals surface area contributed by atoms with Crippen molar-refractivity contribution in [3.63, 3.8) is 0 Å². The normalized spacial score (nSPS) is 23.6. The molecule has 1 aliphatic heterocycles. The highest BCUT2D eigenvalue weighted by molar-refractivity contribution is 5.92. The number of amides is 2. The third kappa shape index (κ3) is 4.48. The number of aromatic nitrogens is 1. The molecule has 7 heteroatoms. The minimum atomic E-state index is -0.218. The van der Waals surface area contributed by atoms with Crippen LogP contribution in [0.25, 0.3) is 0 Å².